The monoisotopic (exact) mass is 288 g/mol. The van der Waals surface area contributed by atoms with Crippen molar-refractivity contribution in [1.29, 1.82) is 0 Å². The fourth-order valence-electron chi connectivity index (χ4n) is 2.66. The smallest absolute Gasteiger partial charge is 0.250 e. The third-order valence-corrected chi connectivity index (χ3v) is 4.19. The second-order valence-corrected chi connectivity index (χ2v) is 5.86. The molecule has 1 aliphatic carbocycles. The first-order valence-corrected chi connectivity index (χ1v) is 7.18. The number of rotatable bonds is 3. The summed E-state index contributed by atoms with van der Waals surface area (Å²) in [7, 11) is 1.77. The van der Waals surface area contributed by atoms with E-state index in [-0.39, 0.29) is 5.56 Å². The van der Waals surface area contributed by atoms with Crippen molar-refractivity contribution in [3.8, 4) is 0 Å². The highest BCUT2D eigenvalue weighted by Gasteiger charge is 2.30. The highest BCUT2D eigenvalue weighted by atomic mass is 35.5. The minimum Gasteiger partial charge on any atom is -0.381 e. The summed E-state index contributed by atoms with van der Waals surface area (Å²) in [4.78, 5) is 11.3. The number of aryl methyl sites for hydroxylation is 1. The Hall–Kier alpha value is -1.74. The maximum absolute atomic E-state index is 11.3. The maximum atomic E-state index is 11.3. The number of halogens is 1. The summed E-state index contributed by atoms with van der Waals surface area (Å²) < 4.78 is 1.59. The first-order chi connectivity index (χ1) is 9.61. The molecular formula is C16H17ClN2O. The molecule has 0 bridgehead atoms. The molecule has 2 aromatic rings. The van der Waals surface area contributed by atoms with Crippen molar-refractivity contribution in [2.24, 2.45) is 7.05 Å². The molecular weight excluding hydrogens is 272 g/mol. The Labute approximate surface area is 123 Å². The van der Waals surface area contributed by atoms with Crippen molar-refractivity contribution < 1.29 is 0 Å². The standard InChI is InChI=1S/C16H17ClN2O/c1-19-10-14(6-7-16(19)20)18-15-8-12(9-15)11-2-4-13(17)5-3-11/h2-7,10,12,15,18H,8-9H2,1H3. The average molecular weight is 289 g/mol. The van der Waals surface area contributed by atoms with Gasteiger partial charge in [-0.15, -0.1) is 0 Å². The van der Waals surface area contributed by atoms with Crippen LogP contribution in [0.4, 0.5) is 5.69 Å². The van der Waals surface area contributed by atoms with Gasteiger partial charge in [0.05, 0.1) is 5.69 Å². The van der Waals surface area contributed by atoms with Crippen LogP contribution in [-0.4, -0.2) is 10.6 Å². The van der Waals surface area contributed by atoms with E-state index in [0.717, 1.165) is 23.6 Å². The van der Waals surface area contributed by atoms with E-state index in [2.05, 4.69) is 17.4 Å². The van der Waals surface area contributed by atoms with Gasteiger partial charge in [-0.1, -0.05) is 23.7 Å². The maximum Gasteiger partial charge on any atom is 0.250 e. The Kier molecular flexibility index (Phi) is 3.53. The Balaban J connectivity index is 1.59. The van der Waals surface area contributed by atoms with Crippen molar-refractivity contribution in [2.45, 2.75) is 24.8 Å². The first kappa shape index (κ1) is 13.3. The van der Waals surface area contributed by atoms with Crippen LogP contribution in [0.1, 0.15) is 24.3 Å². The van der Waals surface area contributed by atoms with Gasteiger partial charge in [-0.25, -0.2) is 0 Å². The molecule has 0 aliphatic heterocycles. The van der Waals surface area contributed by atoms with Crippen LogP contribution in [0.2, 0.25) is 5.02 Å². The number of hydrogen-bond acceptors (Lipinski definition) is 2. The van der Waals surface area contributed by atoms with E-state index in [4.69, 9.17) is 11.6 Å². The van der Waals surface area contributed by atoms with Gasteiger partial charge in [-0.2, -0.15) is 0 Å². The van der Waals surface area contributed by atoms with Gasteiger partial charge >= 0.3 is 0 Å². The van der Waals surface area contributed by atoms with Crippen LogP contribution >= 0.6 is 11.6 Å². The zero-order chi connectivity index (χ0) is 14.1. The Morgan fingerprint density at radius 2 is 1.85 bits per heavy atom. The molecule has 20 heavy (non-hydrogen) atoms. The van der Waals surface area contributed by atoms with Crippen molar-refractivity contribution in [3.63, 3.8) is 0 Å². The predicted octanol–water partition coefficient (Wildman–Crippen LogP) is 3.40. The second-order valence-electron chi connectivity index (χ2n) is 5.43. The number of nitrogens with zero attached hydrogens (tertiary/aromatic N) is 1. The molecule has 3 nitrogen and oxygen atoms in total. The van der Waals surface area contributed by atoms with E-state index in [9.17, 15) is 4.79 Å². The molecule has 1 aliphatic rings. The number of aromatic nitrogens is 1. The molecule has 1 aromatic heterocycles. The van der Waals surface area contributed by atoms with Gasteiger partial charge in [0.2, 0.25) is 5.56 Å². The van der Waals surface area contributed by atoms with Crippen LogP contribution in [0, 0.1) is 0 Å². The zero-order valence-electron chi connectivity index (χ0n) is 11.3. The van der Waals surface area contributed by atoms with Gasteiger partial charge in [0.1, 0.15) is 0 Å². The van der Waals surface area contributed by atoms with Crippen LogP contribution < -0.4 is 10.9 Å². The van der Waals surface area contributed by atoms with Gasteiger partial charge in [0.25, 0.3) is 0 Å². The molecule has 0 atom stereocenters. The van der Waals surface area contributed by atoms with Crippen LogP contribution in [-0.2, 0) is 7.05 Å². The molecule has 3 rings (SSSR count). The molecule has 104 valence electrons. The third kappa shape index (κ3) is 2.73. The van der Waals surface area contributed by atoms with E-state index >= 15 is 0 Å². The summed E-state index contributed by atoms with van der Waals surface area (Å²) in [5.41, 5.74) is 2.38. The number of benzene rings is 1. The van der Waals surface area contributed by atoms with Crippen molar-refractivity contribution in [1.82, 2.24) is 4.57 Å². The lowest BCUT2D eigenvalue weighted by Crippen LogP contribution is -2.34. The Morgan fingerprint density at radius 1 is 1.15 bits per heavy atom. The molecule has 1 saturated carbocycles. The van der Waals surface area contributed by atoms with Gasteiger partial charge in [0.15, 0.2) is 0 Å². The summed E-state index contributed by atoms with van der Waals surface area (Å²) in [6, 6.07) is 12.0. The third-order valence-electron chi connectivity index (χ3n) is 3.94. The predicted molar refractivity (Wildman–Crippen MR) is 82.5 cm³/mol. The van der Waals surface area contributed by atoms with Crippen molar-refractivity contribution >= 4 is 17.3 Å². The topological polar surface area (TPSA) is 34.0 Å². The molecule has 1 heterocycles. The quantitative estimate of drug-likeness (QED) is 0.939. The van der Waals surface area contributed by atoms with Crippen molar-refractivity contribution in [2.75, 3.05) is 5.32 Å². The van der Waals surface area contributed by atoms with E-state index in [1.807, 2.05) is 24.4 Å². The van der Waals surface area contributed by atoms with Crippen LogP contribution in [0.3, 0.4) is 0 Å². The molecule has 0 unspecified atom stereocenters. The number of pyridine rings is 1. The number of hydrogen-bond donors (Lipinski definition) is 1. The van der Waals surface area contributed by atoms with E-state index < -0.39 is 0 Å². The Bertz CT molecular complexity index is 657. The number of anilines is 1. The van der Waals surface area contributed by atoms with Gasteiger partial charge < -0.3 is 9.88 Å². The normalized spacial score (nSPS) is 21.3. The lowest BCUT2D eigenvalue weighted by atomic mass is 9.76. The van der Waals surface area contributed by atoms with Crippen molar-refractivity contribution in [3.05, 3.63) is 63.5 Å². The summed E-state index contributed by atoms with van der Waals surface area (Å²) in [5, 5.41) is 4.26. The summed E-state index contributed by atoms with van der Waals surface area (Å²) >= 11 is 5.90. The molecule has 0 spiro atoms. The summed E-state index contributed by atoms with van der Waals surface area (Å²) in [6.07, 6.45) is 4.08. The first-order valence-electron chi connectivity index (χ1n) is 6.80. The van der Waals surface area contributed by atoms with Gasteiger partial charge in [-0.3, -0.25) is 4.79 Å². The molecule has 4 heteroatoms. The molecule has 1 aromatic carbocycles. The second kappa shape index (κ2) is 5.33. The summed E-state index contributed by atoms with van der Waals surface area (Å²) in [6.45, 7) is 0. The molecule has 1 N–H and O–H groups in total. The van der Waals surface area contributed by atoms with Crippen LogP contribution in [0.15, 0.2) is 47.4 Å². The van der Waals surface area contributed by atoms with E-state index in [1.54, 1.807) is 17.7 Å². The van der Waals surface area contributed by atoms with Crippen LogP contribution in [0.5, 0.6) is 0 Å². The molecule has 0 saturated heterocycles. The fraction of sp³-hybridized carbons (Fsp3) is 0.312. The van der Waals surface area contributed by atoms with Gasteiger partial charge in [-0.05, 0) is 42.5 Å². The minimum absolute atomic E-state index is 0.0169. The Morgan fingerprint density at radius 3 is 2.50 bits per heavy atom. The van der Waals surface area contributed by atoms with Gasteiger partial charge in [0, 0.05) is 30.4 Å². The lowest BCUT2D eigenvalue weighted by molar-refractivity contribution is 0.374. The minimum atomic E-state index is 0.0169. The highest BCUT2D eigenvalue weighted by Crippen LogP contribution is 2.38. The summed E-state index contributed by atoms with van der Waals surface area (Å²) in [5.74, 6) is 0.609. The SMILES string of the molecule is Cn1cc(NC2CC(c3ccc(Cl)cc3)C2)ccc1=O. The number of nitrogens with one attached hydrogen (secondary N) is 1. The van der Waals surface area contributed by atoms with E-state index in [0.29, 0.717) is 12.0 Å². The molecule has 0 amide bonds. The largest absolute Gasteiger partial charge is 0.381 e. The lowest BCUT2D eigenvalue weighted by Gasteiger charge is -2.37. The van der Waals surface area contributed by atoms with E-state index in [1.165, 1.54) is 5.56 Å². The molecule has 0 radical (unpaired) electrons. The fourth-order valence-corrected chi connectivity index (χ4v) is 2.78. The highest BCUT2D eigenvalue weighted by molar-refractivity contribution is 6.30. The van der Waals surface area contributed by atoms with Crippen LogP contribution in [0.25, 0.3) is 0 Å². The zero-order valence-corrected chi connectivity index (χ0v) is 12.1. The molecule has 1 fully saturated rings. The average Bonchev–Trinajstić information content (AvgIpc) is 2.39.